The number of rotatable bonds is 4. The predicted molar refractivity (Wildman–Crippen MR) is 83.0 cm³/mol. The Labute approximate surface area is 131 Å². The zero-order chi connectivity index (χ0) is 15.7. The normalized spacial score (nSPS) is 21.9. The van der Waals surface area contributed by atoms with Crippen LogP contribution in [0, 0.1) is 11.3 Å². The molecule has 122 valence electrons. The molecule has 2 heterocycles. The maximum Gasteiger partial charge on any atom is 0.167 e. The Kier molecular flexibility index (Phi) is 4.37. The molecule has 1 aliphatic carbocycles. The molecule has 5 nitrogen and oxygen atoms in total. The van der Waals surface area contributed by atoms with E-state index >= 15 is 0 Å². The molecule has 1 atom stereocenters. The van der Waals surface area contributed by atoms with E-state index in [9.17, 15) is 9.90 Å². The van der Waals surface area contributed by atoms with Crippen LogP contribution in [-0.2, 0) is 24.1 Å². The van der Waals surface area contributed by atoms with Crippen LogP contribution in [0.4, 0.5) is 0 Å². The van der Waals surface area contributed by atoms with Gasteiger partial charge in [0.25, 0.3) is 0 Å². The summed E-state index contributed by atoms with van der Waals surface area (Å²) in [4.78, 5) is 12.8. The second-order valence-corrected chi connectivity index (χ2v) is 6.98. The van der Waals surface area contributed by atoms with Gasteiger partial charge in [-0.05, 0) is 37.0 Å². The Balaban J connectivity index is 1.97. The van der Waals surface area contributed by atoms with Crippen molar-refractivity contribution in [2.45, 2.75) is 52.5 Å². The van der Waals surface area contributed by atoms with Gasteiger partial charge >= 0.3 is 0 Å². The largest absolute Gasteiger partial charge is 0.396 e. The minimum atomic E-state index is 0.0631. The van der Waals surface area contributed by atoms with E-state index in [-0.39, 0.29) is 23.7 Å². The maximum atomic E-state index is 12.8. The number of aromatic nitrogens is 2. The Morgan fingerprint density at radius 2 is 2.09 bits per heavy atom. The van der Waals surface area contributed by atoms with Gasteiger partial charge in [-0.3, -0.25) is 9.48 Å². The maximum absolute atomic E-state index is 12.8. The van der Waals surface area contributed by atoms with Gasteiger partial charge in [0.15, 0.2) is 5.78 Å². The highest BCUT2D eigenvalue weighted by Gasteiger charge is 2.42. The molecule has 1 aromatic heterocycles. The van der Waals surface area contributed by atoms with Gasteiger partial charge in [-0.25, -0.2) is 0 Å². The minimum Gasteiger partial charge on any atom is -0.396 e. The average molecular weight is 306 g/mol. The highest BCUT2D eigenvalue weighted by molar-refractivity contribution is 5.99. The Bertz CT molecular complexity index is 558. The van der Waals surface area contributed by atoms with E-state index in [2.05, 4.69) is 12.0 Å². The van der Waals surface area contributed by atoms with Crippen molar-refractivity contribution in [2.24, 2.45) is 11.3 Å². The summed E-state index contributed by atoms with van der Waals surface area (Å²) in [5, 5.41) is 14.0. The first-order valence-electron chi connectivity index (χ1n) is 8.39. The van der Waals surface area contributed by atoms with Crippen LogP contribution >= 0.6 is 0 Å². The van der Waals surface area contributed by atoms with Crippen molar-refractivity contribution in [3.05, 3.63) is 17.0 Å². The van der Waals surface area contributed by atoms with E-state index in [1.807, 2.05) is 11.6 Å². The highest BCUT2D eigenvalue weighted by atomic mass is 16.5. The quantitative estimate of drug-likeness (QED) is 0.924. The third kappa shape index (κ3) is 2.72. The molecule has 1 aromatic rings. The summed E-state index contributed by atoms with van der Waals surface area (Å²) in [6.45, 7) is 6.39. The number of aliphatic hydroxyl groups is 1. The van der Waals surface area contributed by atoms with Crippen LogP contribution in [0.15, 0.2) is 0 Å². The Morgan fingerprint density at radius 3 is 2.73 bits per heavy atom. The van der Waals surface area contributed by atoms with E-state index in [4.69, 9.17) is 4.74 Å². The molecule has 0 unspecified atom stereocenters. The number of carbonyl (C=O) groups is 1. The summed E-state index contributed by atoms with van der Waals surface area (Å²) in [6, 6.07) is 0. The van der Waals surface area contributed by atoms with Crippen molar-refractivity contribution in [2.75, 3.05) is 19.8 Å². The van der Waals surface area contributed by atoms with Crippen LogP contribution in [0.1, 0.15) is 54.9 Å². The molecule has 0 saturated carbocycles. The fourth-order valence-corrected chi connectivity index (χ4v) is 3.81. The van der Waals surface area contributed by atoms with Gasteiger partial charge in [-0.15, -0.1) is 0 Å². The van der Waals surface area contributed by atoms with Crippen LogP contribution in [0.2, 0.25) is 0 Å². The molecular formula is C17H26N2O3. The van der Waals surface area contributed by atoms with E-state index in [0.29, 0.717) is 13.0 Å². The third-order valence-electron chi connectivity index (χ3n) is 5.17. The van der Waals surface area contributed by atoms with E-state index in [1.165, 1.54) is 0 Å². The second kappa shape index (κ2) is 6.13. The number of aryl methyl sites for hydroxylation is 1. The van der Waals surface area contributed by atoms with E-state index in [1.54, 1.807) is 0 Å². The molecule has 0 aromatic carbocycles. The third-order valence-corrected chi connectivity index (χ3v) is 5.17. The van der Waals surface area contributed by atoms with Crippen LogP contribution in [-0.4, -0.2) is 40.5 Å². The van der Waals surface area contributed by atoms with Gasteiger partial charge in [0.2, 0.25) is 0 Å². The van der Waals surface area contributed by atoms with Crippen molar-refractivity contribution in [1.82, 2.24) is 9.78 Å². The summed E-state index contributed by atoms with van der Waals surface area (Å²) in [7, 11) is 0. The summed E-state index contributed by atoms with van der Waals surface area (Å²) in [5.74, 6) is 0.402. The Morgan fingerprint density at radius 1 is 1.36 bits per heavy atom. The number of Topliss-reactive ketones (excluding diaryl/α,β-unsaturated/α-hetero) is 1. The molecule has 1 N–H and O–H groups in total. The first kappa shape index (κ1) is 15.7. The van der Waals surface area contributed by atoms with E-state index < -0.39 is 0 Å². The first-order chi connectivity index (χ1) is 10.6. The van der Waals surface area contributed by atoms with E-state index in [0.717, 1.165) is 55.8 Å². The van der Waals surface area contributed by atoms with Gasteiger partial charge in [0, 0.05) is 32.8 Å². The Hall–Kier alpha value is -1.20. The topological polar surface area (TPSA) is 64.3 Å². The molecule has 0 bridgehead atoms. The molecule has 22 heavy (non-hydrogen) atoms. The minimum absolute atomic E-state index is 0.0631. The smallest absolute Gasteiger partial charge is 0.167 e. The summed E-state index contributed by atoms with van der Waals surface area (Å²) in [6.07, 6.45) is 4.26. The number of hydrogen-bond acceptors (Lipinski definition) is 4. The lowest BCUT2D eigenvalue weighted by Gasteiger charge is -2.39. The molecule has 1 saturated heterocycles. The number of aliphatic hydroxyl groups excluding tert-OH is 1. The fourth-order valence-electron chi connectivity index (χ4n) is 3.81. The predicted octanol–water partition coefficient (Wildman–Crippen LogP) is 2.00. The molecule has 1 spiro atoms. The number of ether oxygens (including phenoxy) is 1. The van der Waals surface area contributed by atoms with Crippen molar-refractivity contribution in [1.29, 1.82) is 0 Å². The number of hydrogen-bond donors (Lipinski definition) is 1. The molecule has 0 radical (unpaired) electrons. The average Bonchev–Trinajstić information content (AvgIpc) is 2.85. The lowest BCUT2D eigenvalue weighted by atomic mass is 9.68. The second-order valence-electron chi connectivity index (χ2n) is 6.98. The zero-order valence-electron chi connectivity index (χ0n) is 13.6. The lowest BCUT2D eigenvalue weighted by molar-refractivity contribution is 0.00817. The molecule has 0 amide bonds. The number of carbonyl (C=O) groups excluding carboxylic acids is 1. The zero-order valence-corrected chi connectivity index (χ0v) is 13.6. The molecule has 5 heteroatoms. The summed E-state index contributed by atoms with van der Waals surface area (Å²) in [5.41, 5.74) is 2.94. The van der Waals surface area contributed by atoms with Gasteiger partial charge in [0.1, 0.15) is 0 Å². The number of fused-ring (bicyclic) bond motifs is 1. The van der Waals surface area contributed by atoms with Gasteiger partial charge < -0.3 is 9.84 Å². The molecule has 3 rings (SSSR count). The molecule has 1 aliphatic heterocycles. The van der Waals surface area contributed by atoms with Crippen LogP contribution < -0.4 is 0 Å². The van der Waals surface area contributed by atoms with Crippen LogP contribution in [0.3, 0.4) is 0 Å². The van der Waals surface area contributed by atoms with Crippen LogP contribution in [0.25, 0.3) is 0 Å². The van der Waals surface area contributed by atoms with Gasteiger partial charge in [0.05, 0.1) is 17.0 Å². The first-order valence-corrected chi connectivity index (χ1v) is 8.39. The molecule has 2 aliphatic rings. The SMILES string of the molecule is CCc1nn(C[C@@H](C)CO)c2c1C(=O)CC1(CCOCC1)C2. The molecule has 1 fully saturated rings. The fraction of sp³-hybridized carbons (Fsp3) is 0.765. The number of ketones is 1. The highest BCUT2D eigenvalue weighted by Crippen LogP contribution is 2.43. The monoisotopic (exact) mass is 306 g/mol. The van der Waals surface area contributed by atoms with Crippen molar-refractivity contribution < 1.29 is 14.6 Å². The van der Waals surface area contributed by atoms with Gasteiger partial charge in [-0.1, -0.05) is 13.8 Å². The lowest BCUT2D eigenvalue weighted by Crippen LogP contribution is -2.38. The summed E-state index contributed by atoms with van der Waals surface area (Å²) < 4.78 is 7.48. The van der Waals surface area contributed by atoms with Crippen molar-refractivity contribution >= 4 is 5.78 Å². The molecular weight excluding hydrogens is 280 g/mol. The van der Waals surface area contributed by atoms with Crippen molar-refractivity contribution in [3.63, 3.8) is 0 Å². The number of nitrogens with zero attached hydrogens (tertiary/aromatic N) is 2. The van der Waals surface area contributed by atoms with Crippen molar-refractivity contribution in [3.8, 4) is 0 Å². The van der Waals surface area contributed by atoms with Gasteiger partial charge in [-0.2, -0.15) is 5.10 Å². The van der Waals surface area contributed by atoms with Crippen LogP contribution in [0.5, 0.6) is 0 Å². The summed E-state index contributed by atoms with van der Waals surface area (Å²) >= 11 is 0. The standard InChI is InChI=1S/C17H26N2O3/c1-3-13-16-14(19(18-13)10-12(2)11-20)8-17(9-15(16)21)4-6-22-7-5-17/h12,20H,3-11H2,1-2H3/t12-/m1/s1.